The van der Waals surface area contributed by atoms with Gasteiger partial charge in [0.2, 0.25) is 5.91 Å². The molecule has 2 aliphatic rings. The van der Waals surface area contributed by atoms with E-state index < -0.39 is 0 Å². The van der Waals surface area contributed by atoms with Gasteiger partial charge in [-0.05, 0) is 69.9 Å². The van der Waals surface area contributed by atoms with Crippen molar-refractivity contribution in [2.75, 3.05) is 36.4 Å². The van der Waals surface area contributed by atoms with Crippen molar-refractivity contribution in [2.45, 2.75) is 40.0 Å². The molecule has 0 aromatic heterocycles. The van der Waals surface area contributed by atoms with Crippen LogP contribution in [-0.2, 0) is 11.2 Å². The zero-order chi connectivity index (χ0) is 21.3. The lowest BCUT2D eigenvalue weighted by Gasteiger charge is -2.32. The van der Waals surface area contributed by atoms with Gasteiger partial charge in [0.25, 0.3) is 5.91 Å². The number of benzene rings is 2. The Morgan fingerprint density at radius 2 is 1.83 bits per heavy atom. The minimum Gasteiger partial charge on any atom is -0.371 e. The second-order valence-corrected chi connectivity index (χ2v) is 8.63. The smallest absolute Gasteiger partial charge is 0.253 e. The number of nitrogens with one attached hydrogen (secondary N) is 1. The van der Waals surface area contributed by atoms with Gasteiger partial charge in [-0.2, -0.15) is 0 Å². The molecule has 1 N–H and O–H groups in total. The molecule has 0 bridgehead atoms. The van der Waals surface area contributed by atoms with Crippen LogP contribution in [-0.4, -0.2) is 42.9 Å². The van der Waals surface area contributed by atoms with E-state index in [-0.39, 0.29) is 17.7 Å². The molecule has 2 heterocycles. The Morgan fingerprint density at radius 1 is 1.07 bits per heavy atom. The number of fused-ring (bicyclic) bond motifs is 1. The predicted molar refractivity (Wildman–Crippen MR) is 121 cm³/mol. The average Bonchev–Trinajstić information content (AvgIpc) is 3.15. The van der Waals surface area contributed by atoms with E-state index in [1.165, 1.54) is 11.3 Å². The third-order valence-corrected chi connectivity index (χ3v) is 6.27. The highest BCUT2D eigenvalue weighted by atomic mass is 16.2. The summed E-state index contributed by atoms with van der Waals surface area (Å²) in [5.74, 6) is -0.145. The maximum atomic E-state index is 13.0. The van der Waals surface area contributed by atoms with Gasteiger partial charge in [-0.3, -0.25) is 9.59 Å². The molecule has 2 amide bonds. The first-order valence-electron chi connectivity index (χ1n) is 11.0. The number of hydrogen-bond donors (Lipinski definition) is 1. The number of piperidine rings is 1. The quantitative estimate of drug-likeness (QED) is 0.830. The molecule has 30 heavy (non-hydrogen) atoms. The number of likely N-dealkylation sites (N-methyl/N-ethyl adjacent to an activating group) is 1. The molecule has 0 radical (unpaired) electrons. The van der Waals surface area contributed by atoms with Gasteiger partial charge < -0.3 is 15.1 Å². The highest BCUT2D eigenvalue weighted by Crippen LogP contribution is 2.31. The third-order valence-electron chi connectivity index (χ3n) is 6.27. The number of amides is 2. The van der Waals surface area contributed by atoms with Crippen LogP contribution in [0.3, 0.4) is 0 Å². The monoisotopic (exact) mass is 405 g/mol. The molecule has 0 saturated carbocycles. The summed E-state index contributed by atoms with van der Waals surface area (Å²) in [6.07, 6.45) is 2.73. The van der Waals surface area contributed by atoms with Crippen LogP contribution in [0.5, 0.6) is 0 Å². The van der Waals surface area contributed by atoms with Crippen molar-refractivity contribution >= 4 is 23.2 Å². The Balaban J connectivity index is 1.43. The Kier molecular flexibility index (Phi) is 5.80. The molecule has 5 heteroatoms. The zero-order valence-electron chi connectivity index (χ0n) is 18.2. The third kappa shape index (κ3) is 4.20. The number of likely N-dealkylation sites (tertiary alicyclic amines) is 1. The Morgan fingerprint density at radius 3 is 2.57 bits per heavy atom. The lowest BCUT2D eigenvalue weighted by Crippen LogP contribution is -2.43. The van der Waals surface area contributed by atoms with Crippen LogP contribution in [0.1, 0.15) is 46.8 Å². The van der Waals surface area contributed by atoms with E-state index in [0.29, 0.717) is 18.7 Å². The largest absolute Gasteiger partial charge is 0.371 e. The van der Waals surface area contributed by atoms with E-state index in [9.17, 15) is 9.59 Å². The number of anilines is 2. The van der Waals surface area contributed by atoms with E-state index in [1.54, 1.807) is 0 Å². The Hall–Kier alpha value is -2.82. The Labute approximate surface area is 179 Å². The van der Waals surface area contributed by atoms with Crippen molar-refractivity contribution < 1.29 is 9.59 Å². The molecule has 1 atom stereocenters. The fraction of sp³-hybridized carbons (Fsp3) is 0.440. The molecular formula is C25H31N3O2. The van der Waals surface area contributed by atoms with E-state index in [1.807, 2.05) is 36.9 Å². The molecule has 5 nitrogen and oxygen atoms in total. The first kappa shape index (κ1) is 20.5. The van der Waals surface area contributed by atoms with Gasteiger partial charge in [0, 0.05) is 43.1 Å². The number of hydrogen-bond acceptors (Lipinski definition) is 3. The van der Waals surface area contributed by atoms with Crippen LogP contribution in [0.25, 0.3) is 0 Å². The SMILES string of the molecule is CCN1CCc2ccc(NC(=O)C3CCCN(C(=O)c4cc(C)cc(C)c4)C3)cc21. The van der Waals surface area contributed by atoms with E-state index in [0.717, 1.165) is 49.2 Å². The highest BCUT2D eigenvalue weighted by Gasteiger charge is 2.29. The molecule has 2 aliphatic heterocycles. The fourth-order valence-corrected chi connectivity index (χ4v) is 4.75. The van der Waals surface area contributed by atoms with Crippen LogP contribution in [0.4, 0.5) is 11.4 Å². The summed E-state index contributed by atoms with van der Waals surface area (Å²) < 4.78 is 0. The first-order valence-corrected chi connectivity index (χ1v) is 11.0. The van der Waals surface area contributed by atoms with Crippen LogP contribution in [0.15, 0.2) is 36.4 Å². The summed E-state index contributed by atoms with van der Waals surface area (Å²) in [6, 6.07) is 12.1. The van der Waals surface area contributed by atoms with Crippen LogP contribution >= 0.6 is 0 Å². The molecule has 1 fully saturated rings. The van der Waals surface area contributed by atoms with Gasteiger partial charge >= 0.3 is 0 Å². The maximum absolute atomic E-state index is 13.0. The normalized spacial score (nSPS) is 18.3. The van der Waals surface area contributed by atoms with E-state index in [4.69, 9.17) is 0 Å². The summed E-state index contributed by atoms with van der Waals surface area (Å²) in [6.45, 7) is 9.37. The first-order chi connectivity index (χ1) is 14.4. The van der Waals surface area contributed by atoms with Crippen LogP contribution in [0, 0.1) is 19.8 Å². The number of aryl methyl sites for hydroxylation is 2. The number of carbonyl (C=O) groups is 2. The molecule has 2 aromatic carbocycles. The maximum Gasteiger partial charge on any atom is 0.253 e. The molecule has 0 aliphatic carbocycles. The van der Waals surface area contributed by atoms with Crippen molar-refractivity contribution in [1.82, 2.24) is 4.90 Å². The van der Waals surface area contributed by atoms with Crippen molar-refractivity contribution in [3.63, 3.8) is 0 Å². The molecule has 158 valence electrons. The van der Waals surface area contributed by atoms with Gasteiger partial charge in [0.15, 0.2) is 0 Å². The lowest BCUT2D eigenvalue weighted by atomic mass is 9.96. The summed E-state index contributed by atoms with van der Waals surface area (Å²) in [5, 5.41) is 3.10. The summed E-state index contributed by atoms with van der Waals surface area (Å²) in [4.78, 5) is 30.2. The van der Waals surface area contributed by atoms with Gasteiger partial charge in [-0.15, -0.1) is 0 Å². The topological polar surface area (TPSA) is 52.7 Å². The second-order valence-electron chi connectivity index (χ2n) is 8.63. The summed E-state index contributed by atoms with van der Waals surface area (Å²) in [5.41, 5.74) is 6.30. The molecule has 0 spiro atoms. The predicted octanol–water partition coefficient (Wildman–Crippen LogP) is 4.18. The van der Waals surface area contributed by atoms with Gasteiger partial charge in [0.05, 0.1) is 5.92 Å². The van der Waals surface area contributed by atoms with Crippen molar-refractivity contribution in [3.05, 3.63) is 58.7 Å². The molecule has 1 unspecified atom stereocenters. The van der Waals surface area contributed by atoms with Gasteiger partial charge in [-0.1, -0.05) is 23.3 Å². The van der Waals surface area contributed by atoms with Crippen molar-refractivity contribution in [3.8, 4) is 0 Å². The molecular weight excluding hydrogens is 374 g/mol. The summed E-state index contributed by atoms with van der Waals surface area (Å²) in [7, 11) is 0. The highest BCUT2D eigenvalue weighted by molar-refractivity contribution is 5.96. The van der Waals surface area contributed by atoms with Crippen LogP contribution in [0.2, 0.25) is 0 Å². The van der Waals surface area contributed by atoms with Crippen LogP contribution < -0.4 is 10.2 Å². The van der Waals surface area contributed by atoms with Crippen molar-refractivity contribution in [1.29, 1.82) is 0 Å². The molecule has 2 aromatic rings. The van der Waals surface area contributed by atoms with Crippen molar-refractivity contribution in [2.24, 2.45) is 5.92 Å². The van der Waals surface area contributed by atoms with E-state index in [2.05, 4.69) is 35.3 Å². The number of rotatable bonds is 4. The number of nitrogens with zero attached hydrogens (tertiary/aromatic N) is 2. The van der Waals surface area contributed by atoms with Gasteiger partial charge in [-0.25, -0.2) is 0 Å². The Bertz CT molecular complexity index is 949. The number of carbonyl (C=O) groups excluding carboxylic acids is 2. The fourth-order valence-electron chi connectivity index (χ4n) is 4.75. The minimum atomic E-state index is -0.177. The molecule has 4 rings (SSSR count). The zero-order valence-corrected chi connectivity index (χ0v) is 18.2. The van der Waals surface area contributed by atoms with Gasteiger partial charge in [0.1, 0.15) is 0 Å². The average molecular weight is 406 g/mol. The minimum absolute atomic E-state index is 0.00826. The molecule has 1 saturated heterocycles. The standard InChI is InChI=1S/C25H31N3O2/c1-4-27-11-9-19-7-8-22(15-23(19)27)26-24(29)20-6-5-10-28(16-20)25(30)21-13-17(2)12-18(3)14-21/h7-8,12-15,20H,4-6,9-11,16H2,1-3H3,(H,26,29). The second kappa shape index (κ2) is 8.50. The van der Waals surface area contributed by atoms with E-state index >= 15 is 0 Å². The lowest BCUT2D eigenvalue weighted by molar-refractivity contribution is -0.121. The summed E-state index contributed by atoms with van der Waals surface area (Å²) >= 11 is 0.